The highest BCUT2D eigenvalue weighted by Crippen LogP contribution is 2.20. The molecule has 1 atom stereocenters. The molecule has 18 heavy (non-hydrogen) atoms. The van der Waals surface area contributed by atoms with Gasteiger partial charge in [-0.15, -0.1) is 0 Å². The van der Waals surface area contributed by atoms with E-state index in [9.17, 15) is 4.79 Å². The van der Waals surface area contributed by atoms with E-state index in [1.165, 1.54) is 12.1 Å². The minimum Gasteiger partial charge on any atom is -0.478 e. The van der Waals surface area contributed by atoms with E-state index in [4.69, 9.17) is 14.4 Å². The minimum atomic E-state index is -0.995. The number of nitrogens with zero attached hydrogens (tertiary/aromatic N) is 2. The number of aromatic carboxylic acids is 1. The number of ether oxygens (including phenoxy) is 1. The Kier molecular flexibility index (Phi) is 3.38. The number of carboxylic acids is 1. The molecule has 0 saturated carbocycles. The molecule has 0 radical (unpaired) electrons. The van der Waals surface area contributed by atoms with Crippen molar-refractivity contribution >= 4 is 5.97 Å². The molecule has 1 unspecified atom stereocenters. The Balaban J connectivity index is 2.34. The Morgan fingerprint density at radius 3 is 2.94 bits per heavy atom. The van der Waals surface area contributed by atoms with Gasteiger partial charge in [0.1, 0.15) is 6.10 Å². The molecule has 0 aliphatic carbocycles. The fraction of sp³-hybridized carbons (Fsp3) is 0.250. The van der Waals surface area contributed by atoms with E-state index < -0.39 is 5.97 Å². The maximum Gasteiger partial charge on any atom is 0.335 e. The number of hydrogen-bond acceptors (Lipinski definition) is 5. The van der Waals surface area contributed by atoms with Crippen LogP contribution in [0.15, 0.2) is 28.8 Å². The molecule has 0 fully saturated rings. The van der Waals surface area contributed by atoms with E-state index in [2.05, 4.69) is 10.1 Å². The summed E-state index contributed by atoms with van der Waals surface area (Å²) in [4.78, 5) is 15.0. The quantitative estimate of drug-likeness (QED) is 0.892. The predicted molar refractivity (Wildman–Crippen MR) is 62.1 cm³/mol. The van der Waals surface area contributed by atoms with E-state index in [0.717, 1.165) is 0 Å². The lowest BCUT2D eigenvalue weighted by atomic mass is 10.1. The van der Waals surface area contributed by atoms with Gasteiger partial charge in [0, 0.05) is 12.7 Å². The van der Waals surface area contributed by atoms with Crippen molar-refractivity contribution in [3.8, 4) is 11.4 Å². The molecule has 94 valence electrons. The van der Waals surface area contributed by atoms with Crippen LogP contribution in [0.2, 0.25) is 0 Å². The zero-order chi connectivity index (χ0) is 13.1. The first kappa shape index (κ1) is 12.3. The zero-order valence-corrected chi connectivity index (χ0v) is 9.95. The number of rotatable bonds is 4. The second-order valence-electron chi connectivity index (χ2n) is 3.72. The van der Waals surface area contributed by atoms with Gasteiger partial charge in [0.15, 0.2) is 0 Å². The van der Waals surface area contributed by atoms with Crippen molar-refractivity contribution in [2.24, 2.45) is 0 Å². The molecule has 1 N–H and O–H groups in total. The molecule has 1 aromatic heterocycles. The minimum absolute atomic E-state index is 0.179. The molecule has 0 spiro atoms. The summed E-state index contributed by atoms with van der Waals surface area (Å²) in [6, 6.07) is 6.35. The Hall–Kier alpha value is -2.21. The highest BCUT2D eigenvalue weighted by Gasteiger charge is 2.15. The third kappa shape index (κ3) is 2.38. The average Bonchev–Trinajstić information content (AvgIpc) is 2.87. The molecule has 0 aliphatic rings. The monoisotopic (exact) mass is 248 g/mol. The largest absolute Gasteiger partial charge is 0.478 e. The molecular formula is C12H12N2O4. The highest BCUT2D eigenvalue weighted by molar-refractivity contribution is 5.89. The second-order valence-corrected chi connectivity index (χ2v) is 3.72. The normalized spacial score (nSPS) is 12.3. The number of benzene rings is 1. The molecule has 1 heterocycles. The lowest BCUT2D eigenvalue weighted by Crippen LogP contribution is -1.97. The van der Waals surface area contributed by atoms with E-state index >= 15 is 0 Å². The Bertz CT molecular complexity index is 565. The van der Waals surface area contributed by atoms with Gasteiger partial charge in [-0.25, -0.2) is 4.79 Å². The maximum absolute atomic E-state index is 10.9. The summed E-state index contributed by atoms with van der Waals surface area (Å²) < 4.78 is 10.1. The van der Waals surface area contributed by atoms with Crippen molar-refractivity contribution in [1.29, 1.82) is 0 Å². The SMILES string of the molecule is COC(C)c1nc(-c2cccc(C(=O)O)c2)no1. The van der Waals surface area contributed by atoms with Gasteiger partial charge < -0.3 is 14.4 Å². The predicted octanol–water partition coefficient (Wildman–Crippen LogP) is 2.14. The molecule has 0 bridgehead atoms. The molecule has 2 aromatic rings. The lowest BCUT2D eigenvalue weighted by molar-refractivity contribution is 0.0697. The van der Waals surface area contributed by atoms with E-state index in [1.54, 1.807) is 26.2 Å². The van der Waals surface area contributed by atoms with Gasteiger partial charge in [0.25, 0.3) is 5.89 Å². The average molecular weight is 248 g/mol. The van der Waals surface area contributed by atoms with Crippen LogP contribution in [0.3, 0.4) is 0 Å². The third-order valence-corrected chi connectivity index (χ3v) is 2.51. The third-order valence-electron chi connectivity index (χ3n) is 2.51. The first-order valence-electron chi connectivity index (χ1n) is 5.32. The van der Waals surface area contributed by atoms with Crippen LogP contribution in [0.25, 0.3) is 11.4 Å². The zero-order valence-electron chi connectivity index (χ0n) is 9.95. The fourth-order valence-corrected chi connectivity index (χ4v) is 1.41. The molecule has 0 amide bonds. The molecule has 2 rings (SSSR count). The number of aromatic nitrogens is 2. The molecule has 6 nitrogen and oxygen atoms in total. The highest BCUT2D eigenvalue weighted by atomic mass is 16.5. The van der Waals surface area contributed by atoms with Crippen molar-refractivity contribution in [3.63, 3.8) is 0 Å². The number of carboxylic acid groups (broad SMARTS) is 1. The van der Waals surface area contributed by atoms with Gasteiger partial charge >= 0.3 is 5.97 Å². The summed E-state index contributed by atoms with van der Waals surface area (Å²) in [5, 5.41) is 12.7. The molecule has 0 aliphatic heterocycles. The summed E-state index contributed by atoms with van der Waals surface area (Å²) in [6.07, 6.45) is -0.297. The molecule has 0 saturated heterocycles. The van der Waals surface area contributed by atoms with Crippen LogP contribution in [0.4, 0.5) is 0 Å². The van der Waals surface area contributed by atoms with Crippen molar-refractivity contribution < 1.29 is 19.2 Å². The number of hydrogen-bond donors (Lipinski definition) is 1. The van der Waals surface area contributed by atoms with Crippen molar-refractivity contribution in [2.45, 2.75) is 13.0 Å². The van der Waals surface area contributed by atoms with Crippen molar-refractivity contribution in [1.82, 2.24) is 10.1 Å². The Morgan fingerprint density at radius 1 is 1.50 bits per heavy atom. The van der Waals surface area contributed by atoms with Crippen LogP contribution in [-0.2, 0) is 4.74 Å². The smallest absolute Gasteiger partial charge is 0.335 e. The second kappa shape index (κ2) is 4.97. The summed E-state index contributed by atoms with van der Waals surface area (Å²) in [7, 11) is 1.54. The Labute approximate surface area is 103 Å². The van der Waals surface area contributed by atoms with Crippen molar-refractivity contribution in [2.75, 3.05) is 7.11 Å². The van der Waals surface area contributed by atoms with Gasteiger partial charge in [-0.2, -0.15) is 4.98 Å². The van der Waals surface area contributed by atoms with E-state index in [0.29, 0.717) is 17.3 Å². The van der Waals surface area contributed by atoms with Crippen LogP contribution in [-0.4, -0.2) is 28.3 Å². The van der Waals surface area contributed by atoms with Gasteiger partial charge in [-0.1, -0.05) is 17.3 Å². The van der Waals surface area contributed by atoms with Crippen LogP contribution in [0.1, 0.15) is 29.3 Å². The van der Waals surface area contributed by atoms with Crippen LogP contribution >= 0.6 is 0 Å². The van der Waals surface area contributed by atoms with Gasteiger partial charge in [-0.05, 0) is 19.1 Å². The lowest BCUT2D eigenvalue weighted by Gasteiger charge is -2.00. The van der Waals surface area contributed by atoms with Crippen LogP contribution in [0, 0.1) is 0 Å². The molecular weight excluding hydrogens is 236 g/mol. The fourth-order valence-electron chi connectivity index (χ4n) is 1.41. The van der Waals surface area contributed by atoms with Gasteiger partial charge in [0.05, 0.1) is 5.56 Å². The van der Waals surface area contributed by atoms with Gasteiger partial charge in [-0.3, -0.25) is 0 Å². The first-order valence-corrected chi connectivity index (χ1v) is 5.32. The van der Waals surface area contributed by atoms with E-state index in [-0.39, 0.29) is 11.7 Å². The van der Waals surface area contributed by atoms with Crippen LogP contribution in [0.5, 0.6) is 0 Å². The molecule has 6 heteroatoms. The first-order chi connectivity index (χ1) is 8.61. The summed E-state index contributed by atoms with van der Waals surface area (Å²) in [5.74, 6) is -0.295. The number of methoxy groups -OCH3 is 1. The van der Waals surface area contributed by atoms with Crippen molar-refractivity contribution in [3.05, 3.63) is 35.7 Å². The molecule has 1 aromatic carbocycles. The van der Waals surface area contributed by atoms with E-state index in [1.807, 2.05) is 0 Å². The maximum atomic E-state index is 10.9. The summed E-state index contributed by atoms with van der Waals surface area (Å²) in [5.41, 5.74) is 0.770. The van der Waals surface area contributed by atoms with Gasteiger partial charge in [0.2, 0.25) is 5.82 Å². The number of carbonyl (C=O) groups is 1. The summed E-state index contributed by atoms with van der Waals surface area (Å²) in [6.45, 7) is 1.78. The summed E-state index contributed by atoms with van der Waals surface area (Å²) >= 11 is 0. The van der Waals surface area contributed by atoms with Crippen LogP contribution < -0.4 is 0 Å². The topological polar surface area (TPSA) is 85.5 Å². The Morgan fingerprint density at radius 2 is 2.28 bits per heavy atom. The standard InChI is InChI=1S/C12H12N2O4/c1-7(17-2)11-13-10(14-18-11)8-4-3-5-9(6-8)12(15)16/h3-7H,1-2H3,(H,15,16).